The lowest BCUT2D eigenvalue weighted by Crippen LogP contribution is -2.44. The number of carbonyl (C=O) groups is 1. The van der Waals surface area contributed by atoms with Crippen LogP contribution >= 0.6 is 11.3 Å². The van der Waals surface area contributed by atoms with Crippen LogP contribution in [0.5, 0.6) is 0 Å². The lowest BCUT2D eigenvalue weighted by molar-refractivity contribution is 0.101. The molecule has 8 heteroatoms. The largest absolute Gasteiger partial charge is 0.397 e. The summed E-state index contributed by atoms with van der Waals surface area (Å²) in [6, 6.07) is 6.07. The van der Waals surface area contributed by atoms with E-state index in [0.717, 1.165) is 67.2 Å². The molecule has 160 valence electrons. The van der Waals surface area contributed by atoms with Gasteiger partial charge in [-0.1, -0.05) is 0 Å². The number of pyridine rings is 2. The summed E-state index contributed by atoms with van der Waals surface area (Å²) in [4.78, 5) is 29.8. The zero-order valence-electron chi connectivity index (χ0n) is 17.6. The number of thiophene rings is 1. The number of rotatable bonds is 3. The van der Waals surface area contributed by atoms with E-state index in [1.807, 2.05) is 25.3 Å². The van der Waals surface area contributed by atoms with Crippen molar-refractivity contribution in [1.29, 1.82) is 0 Å². The van der Waals surface area contributed by atoms with E-state index >= 15 is 0 Å². The van der Waals surface area contributed by atoms with Crippen LogP contribution in [-0.4, -0.2) is 48.3 Å². The molecule has 5 rings (SSSR count). The van der Waals surface area contributed by atoms with E-state index in [9.17, 15) is 4.79 Å². The van der Waals surface area contributed by atoms with Crippen molar-refractivity contribution < 1.29 is 4.79 Å². The van der Waals surface area contributed by atoms with Crippen molar-refractivity contribution in [3.8, 4) is 0 Å². The van der Waals surface area contributed by atoms with Gasteiger partial charge in [-0.2, -0.15) is 0 Å². The minimum atomic E-state index is -0.281. The summed E-state index contributed by atoms with van der Waals surface area (Å²) in [5.74, 6) is 1.03. The van der Waals surface area contributed by atoms with Crippen LogP contribution in [0.25, 0.3) is 10.2 Å². The summed E-state index contributed by atoms with van der Waals surface area (Å²) in [6.45, 7) is 5.94. The minimum Gasteiger partial charge on any atom is -0.397 e. The zero-order chi connectivity index (χ0) is 21.4. The van der Waals surface area contributed by atoms with Gasteiger partial charge in [0.25, 0.3) is 5.91 Å². The number of hydrogen-bond donors (Lipinski definition) is 2. The predicted octanol–water partition coefficient (Wildman–Crippen LogP) is 3.01. The molecule has 0 aromatic carbocycles. The van der Waals surface area contributed by atoms with Crippen LogP contribution in [0.4, 0.5) is 11.5 Å². The smallest absolute Gasteiger partial charge is 0.288 e. The van der Waals surface area contributed by atoms with E-state index in [4.69, 9.17) is 10.7 Å². The number of anilines is 2. The molecule has 1 saturated heterocycles. The number of amides is 1. The molecular weight excluding hydrogens is 408 g/mol. The summed E-state index contributed by atoms with van der Waals surface area (Å²) >= 11 is 1.32. The van der Waals surface area contributed by atoms with Crippen molar-refractivity contribution in [2.75, 3.05) is 36.8 Å². The average Bonchev–Trinajstić information content (AvgIpc) is 3.13. The highest BCUT2D eigenvalue weighted by Crippen LogP contribution is 2.33. The zero-order valence-corrected chi connectivity index (χ0v) is 18.4. The SMILES string of the molecule is Cc1ccc2c(N)c(C(=O)N=CC3CCc4cc(N5CCNCC5)ncc4C3)sc2n1. The van der Waals surface area contributed by atoms with Crippen LogP contribution in [0.3, 0.4) is 0 Å². The van der Waals surface area contributed by atoms with E-state index in [1.165, 1.54) is 22.5 Å². The fourth-order valence-electron chi connectivity index (χ4n) is 4.33. The van der Waals surface area contributed by atoms with Gasteiger partial charge in [-0.3, -0.25) is 4.79 Å². The number of nitrogen functional groups attached to an aromatic ring is 1. The van der Waals surface area contributed by atoms with Crippen molar-refractivity contribution >= 4 is 45.2 Å². The Morgan fingerprint density at radius 2 is 2.16 bits per heavy atom. The summed E-state index contributed by atoms with van der Waals surface area (Å²) in [6.07, 6.45) is 6.64. The molecule has 3 aromatic heterocycles. The van der Waals surface area contributed by atoms with Gasteiger partial charge in [-0.05, 0) is 61.4 Å². The first kappa shape index (κ1) is 20.1. The Morgan fingerprint density at radius 1 is 1.32 bits per heavy atom. The molecule has 1 atom stereocenters. The van der Waals surface area contributed by atoms with E-state index in [1.54, 1.807) is 6.21 Å². The van der Waals surface area contributed by atoms with E-state index in [0.29, 0.717) is 10.6 Å². The molecule has 1 fully saturated rings. The van der Waals surface area contributed by atoms with Crippen molar-refractivity contribution in [2.45, 2.75) is 26.2 Å². The number of hydrogen-bond acceptors (Lipinski definition) is 7. The molecule has 0 radical (unpaired) electrons. The van der Waals surface area contributed by atoms with Crippen LogP contribution in [0.2, 0.25) is 0 Å². The van der Waals surface area contributed by atoms with Crippen molar-refractivity contribution in [3.05, 3.63) is 46.1 Å². The fraction of sp³-hybridized carbons (Fsp3) is 0.391. The second kappa shape index (κ2) is 8.36. The number of nitrogens with two attached hydrogens (primary N) is 1. The van der Waals surface area contributed by atoms with Gasteiger partial charge in [0.1, 0.15) is 15.5 Å². The topological polar surface area (TPSA) is 96.5 Å². The molecule has 0 spiro atoms. The van der Waals surface area contributed by atoms with Gasteiger partial charge in [0, 0.05) is 49.7 Å². The molecule has 1 amide bonds. The van der Waals surface area contributed by atoms with Crippen molar-refractivity contribution in [1.82, 2.24) is 15.3 Å². The number of nitrogens with one attached hydrogen (secondary N) is 1. The Kier molecular flexibility index (Phi) is 5.41. The predicted molar refractivity (Wildman–Crippen MR) is 126 cm³/mol. The Balaban J connectivity index is 1.28. The van der Waals surface area contributed by atoms with Crippen LogP contribution < -0.4 is 16.0 Å². The number of piperazine rings is 1. The molecule has 1 aliphatic heterocycles. The lowest BCUT2D eigenvalue weighted by atomic mass is 9.85. The Labute approximate surface area is 185 Å². The first-order valence-corrected chi connectivity index (χ1v) is 11.6. The first-order valence-electron chi connectivity index (χ1n) is 10.8. The number of aryl methyl sites for hydroxylation is 2. The summed E-state index contributed by atoms with van der Waals surface area (Å²) < 4.78 is 0. The molecule has 3 aromatic rings. The van der Waals surface area contributed by atoms with E-state index in [-0.39, 0.29) is 11.8 Å². The molecule has 1 aliphatic carbocycles. The Hall–Kier alpha value is -2.84. The molecule has 3 N–H and O–H groups in total. The molecule has 0 bridgehead atoms. The van der Waals surface area contributed by atoms with Crippen LogP contribution in [0.15, 0.2) is 29.4 Å². The minimum absolute atomic E-state index is 0.235. The third-order valence-electron chi connectivity index (χ3n) is 6.11. The van der Waals surface area contributed by atoms with Gasteiger partial charge in [0.05, 0.1) is 5.69 Å². The maximum absolute atomic E-state index is 12.7. The molecule has 4 heterocycles. The van der Waals surface area contributed by atoms with Gasteiger partial charge in [-0.15, -0.1) is 11.3 Å². The van der Waals surface area contributed by atoms with Gasteiger partial charge in [0.2, 0.25) is 0 Å². The molecule has 31 heavy (non-hydrogen) atoms. The highest BCUT2D eigenvalue weighted by atomic mass is 32.1. The van der Waals surface area contributed by atoms with Crippen molar-refractivity contribution in [2.24, 2.45) is 10.9 Å². The highest BCUT2D eigenvalue weighted by molar-refractivity contribution is 7.21. The highest BCUT2D eigenvalue weighted by Gasteiger charge is 2.21. The summed E-state index contributed by atoms with van der Waals surface area (Å²) in [5, 5.41) is 4.20. The van der Waals surface area contributed by atoms with Crippen LogP contribution in [0.1, 0.15) is 32.9 Å². The number of aromatic nitrogens is 2. The molecule has 2 aliphatic rings. The van der Waals surface area contributed by atoms with E-state index in [2.05, 4.69) is 26.3 Å². The van der Waals surface area contributed by atoms with Gasteiger partial charge < -0.3 is 16.0 Å². The molecule has 7 nitrogen and oxygen atoms in total. The number of aliphatic imine (C=N–C) groups is 1. The maximum Gasteiger partial charge on any atom is 0.288 e. The summed E-state index contributed by atoms with van der Waals surface area (Å²) in [5.41, 5.74) is 10.2. The number of fused-ring (bicyclic) bond motifs is 2. The summed E-state index contributed by atoms with van der Waals surface area (Å²) in [7, 11) is 0. The van der Waals surface area contributed by atoms with Gasteiger partial charge in [-0.25, -0.2) is 15.0 Å². The second-order valence-electron chi connectivity index (χ2n) is 8.28. The quantitative estimate of drug-likeness (QED) is 0.615. The van der Waals surface area contributed by atoms with Gasteiger partial charge >= 0.3 is 0 Å². The van der Waals surface area contributed by atoms with E-state index < -0.39 is 0 Å². The number of nitrogens with zero attached hydrogens (tertiary/aromatic N) is 4. The first-order chi connectivity index (χ1) is 15.1. The lowest BCUT2D eigenvalue weighted by Gasteiger charge is -2.30. The Bertz CT molecular complexity index is 1160. The molecule has 0 saturated carbocycles. The van der Waals surface area contributed by atoms with Crippen molar-refractivity contribution in [3.63, 3.8) is 0 Å². The fourth-order valence-corrected chi connectivity index (χ4v) is 5.36. The standard InChI is InChI=1S/C23H26N6OS/c1-14-2-5-18-20(24)21(31-23(18)28-14)22(30)27-12-15-3-4-16-11-19(26-13-17(16)10-15)29-8-6-25-7-9-29/h2,5,11-13,15,25H,3-4,6-10,24H2,1H3. The number of carbonyl (C=O) groups excluding carboxylic acids is 1. The van der Waals surface area contributed by atoms with Crippen LogP contribution in [-0.2, 0) is 12.8 Å². The maximum atomic E-state index is 12.7. The molecular formula is C23H26N6OS. The average molecular weight is 435 g/mol. The molecule has 1 unspecified atom stereocenters. The second-order valence-corrected chi connectivity index (χ2v) is 9.28. The third-order valence-corrected chi connectivity index (χ3v) is 7.21. The normalized spacial score (nSPS) is 19.1. The van der Waals surface area contributed by atoms with Gasteiger partial charge in [0.15, 0.2) is 0 Å². The monoisotopic (exact) mass is 434 g/mol. The Morgan fingerprint density at radius 3 is 3.00 bits per heavy atom. The third kappa shape index (κ3) is 4.05. The van der Waals surface area contributed by atoms with Crippen LogP contribution in [0, 0.1) is 12.8 Å².